The van der Waals surface area contributed by atoms with Crippen LogP contribution in [0.3, 0.4) is 0 Å². The van der Waals surface area contributed by atoms with Gasteiger partial charge in [-0.05, 0) is 31.4 Å². The van der Waals surface area contributed by atoms with Gasteiger partial charge in [-0.1, -0.05) is 32.0 Å². The summed E-state index contributed by atoms with van der Waals surface area (Å²) in [5.41, 5.74) is 1.80. The number of carboxylic acids is 1. The maximum atomic E-state index is 12.5. The van der Waals surface area contributed by atoms with Crippen molar-refractivity contribution in [1.82, 2.24) is 10.3 Å². The fourth-order valence-electron chi connectivity index (χ4n) is 2.36. The third-order valence-electron chi connectivity index (χ3n) is 3.41. The van der Waals surface area contributed by atoms with Gasteiger partial charge in [0.05, 0.1) is 11.1 Å². The van der Waals surface area contributed by atoms with Gasteiger partial charge in [-0.25, -0.2) is 4.79 Å². The van der Waals surface area contributed by atoms with Crippen molar-refractivity contribution in [2.24, 2.45) is 5.92 Å². The van der Waals surface area contributed by atoms with Gasteiger partial charge in [-0.15, -0.1) is 0 Å². The Morgan fingerprint density at radius 3 is 2.59 bits per heavy atom. The predicted octanol–water partition coefficient (Wildman–Crippen LogP) is 2.77. The SMILES string of the molecule is Cc1ccc2cccc(C(=O)N[C@@H](CC(C)C)C(=O)O)c2n1. The van der Waals surface area contributed by atoms with E-state index in [9.17, 15) is 14.7 Å². The molecule has 1 amide bonds. The van der Waals surface area contributed by atoms with Crippen LogP contribution in [0.5, 0.6) is 0 Å². The van der Waals surface area contributed by atoms with Crippen molar-refractivity contribution in [2.45, 2.75) is 33.2 Å². The number of aromatic nitrogens is 1. The molecular weight excluding hydrogens is 280 g/mol. The van der Waals surface area contributed by atoms with Crippen LogP contribution in [-0.4, -0.2) is 28.0 Å². The first kappa shape index (κ1) is 15.9. The quantitative estimate of drug-likeness (QED) is 0.890. The van der Waals surface area contributed by atoms with Crippen molar-refractivity contribution >= 4 is 22.8 Å². The normalized spacial score (nSPS) is 12.4. The fraction of sp³-hybridized carbons (Fsp3) is 0.353. The van der Waals surface area contributed by atoms with Crippen molar-refractivity contribution in [3.8, 4) is 0 Å². The van der Waals surface area contributed by atoms with Crippen LogP contribution >= 0.6 is 0 Å². The van der Waals surface area contributed by atoms with Crippen LogP contribution in [0.15, 0.2) is 30.3 Å². The number of nitrogens with zero attached hydrogens (tertiary/aromatic N) is 1. The molecule has 1 aromatic heterocycles. The summed E-state index contributed by atoms with van der Waals surface area (Å²) in [5.74, 6) is -1.25. The van der Waals surface area contributed by atoms with Gasteiger partial charge in [0.2, 0.25) is 0 Å². The van der Waals surface area contributed by atoms with Crippen molar-refractivity contribution in [3.63, 3.8) is 0 Å². The smallest absolute Gasteiger partial charge is 0.326 e. The number of rotatable bonds is 5. The standard InChI is InChI=1S/C17H20N2O3/c1-10(2)9-14(17(21)22)19-16(20)13-6-4-5-12-8-7-11(3)18-15(12)13/h4-8,10,14H,9H2,1-3H3,(H,19,20)(H,21,22)/t14-/m0/s1. The lowest BCUT2D eigenvalue weighted by Crippen LogP contribution is -2.41. The number of amides is 1. The number of para-hydroxylation sites is 1. The molecule has 0 fully saturated rings. The van der Waals surface area contributed by atoms with E-state index in [-0.39, 0.29) is 5.92 Å². The average molecular weight is 300 g/mol. The highest BCUT2D eigenvalue weighted by Crippen LogP contribution is 2.18. The Morgan fingerprint density at radius 1 is 1.23 bits per heavy atom. The molecule has 1 atom stereocenters. The van der Waals surface area contributed by atoms with E-state index in [0.29, 0.717) is 17.5 Å². The number of pyridine rings is 1. The van der Waals surface area contributed by atoms with Gasteiger partial charge in [0, 0.05) is 11.1 Å². The molecule has 0 saturated carbocycles. The molecule has 0 aliphatic rings. The van der Waals surface area contributed by atoms with Crippen LogP contribution in [0.25, 0.3) is 10.9 Å². The van der Waals surface area contributed by atoms with Crippen molar-refractivity contribution in [3.05, 3.63) is 41.6 Å². The Balaban J connectivity index is 2.33. The summed E-state index contributed by atoms with van der Waals surface area (Å²) >= 11 is 0. The second-order valence-electron chi connectivity index (χ2n) is 5.82. The second-order valence-corrected chi connectivity index (χ2v) is 5.82. The van der Waals surface area contributed by atoms with Gasteiger partial charge in [0.15, 0.2) is 0 Å². The molecule has 0 saturated heterocycles. The monoisotopic (exact) mass is 300 g/mol. The molecule has 2 aromatic rings. The van der Waals surface area contributed by atoms with E-state index in [0.717, 1.165) is 11.1 Å². The highest BCUT2D eigenvalue weighted by molar-refractivity contribution is 6.06. The molecule has 0 aliphatic heterocycles. The molecule has 0 spiro atoms. The van der Waals surface area contributed by atoms with Crippen LogP contribution < -0.4 is 5.32 Å². The molecule has 0 aliphatic carbocycles. The third kappa shape index (κ3) is 3.61. The zero-order valence-electron chi connectivity index (χ0n) is 13.0. The Labute approximate surface area is 129 Å². The number of benzene rings is 1. The first-order valence-electron chi connectivity index (χ1n) is 7.28. The van der Waals surface area contributed by atoms with Gasteiger partial charge < -0.3 is 10.4 Å². The lowest BCUT2D eigenvalue weighted by Gasteiger charge is -2.17. The van der Waals surface area contributed by atoms with Crippen LogP contribution in [0, 0.1) is 12.8 Å². The molecule has 5 nitrogen and oxygen atoms in total. The molecule has 0 radical (unpaired) electrons. The molecule has 2 N–H and O–H groups in total. The molecule has 1 heterocycles. The molecule has 0 bridgehead atoms. The summed E-state index contributed by atoms with van der Waals surface area (Å²) in [6.07, 6.45) is 0.387. The van der Waals surface area contributed by atoms with E-state index < -0.39 is 17.9 Å². The van der Waals surface area contributed by atoms with Gasteiger partial charge in [-0.2, -0.15) is 0 Å². The number of carboxylic acid groups (broad SMARTS) is 1. The van der Waals surface area contributed by atoms with E-state index in [4.69, 9.17) is 0 Å². The van der Waals surface area contributed by atoms with Gasteiger partial charge in [0.1, 0.15) is 6.04 Å². The number of nitrogens with one attached hydrogen (secondary N) is 1. The summed E-state index contributed by atoms with van der Waals surface area (Å²) in [7, 11) is 0. The molecule has 22 heavy (non-hydrogen) atoms. The minimum absolute atomic E-state index is 0.175. The molecule has 5 heteroatoms. The van der Waals surface area contributed by atoms with E-state index in [2.05, 4.69) is 10.3 Å². The number of aryl methyl sites for hydroxylation is 1. The zero-order valence-corrected chi connectivity index (χ0v) is 13.0. The molecule has 116 valence electrons. The number of carbonyl (C=O) groups is 2. The number of fused-ring (bicyclic) bond motifs is 1. The largest absolute Gasteiger partial charge is 0.480 e. The lowest BCUT2D eigenvalue weighted by atomic mass is 10.0. The minimum Gasteiger partial charge on any atom is -0.480 e. The Morgan fingerprint density at radius 2 is 1.95 bits per heavy atom. The maximum Gasteiger partial charge on any atom is 0.326 e. The van der Waals surface area contributed by atoms with Crippen LogP contribution in [0.1, 0.15) is 36.3 Å². The number of hydrogen-bond donors (Lipinski definition) is 2. The Bertz CT molecular complexity index is 710. The van der Waals surface area contributed by atoms with Gasteiger partial charge in [0.25, 0.3) is 5.91 Å². The minimum atomic E-state index is -1.02. The summed E-state index contributed by atoms with van der Waals surface area (Å²) in [5, 5.41) is 12.7. The Hall–Kier alpha value is -2.43. The lowest BCUT2D eigenvalue weighted by molar-refractivity contribution is -0.139. The zero-order chi connectivity index (χ0) is 16.3. The molecular formula is C17H20N2O3. The first-order chi connectivity index (χ1) is 10.4. The fourth-order valence-corrected chi connectivity index (χ4v) is 2.36. The van der Waals surface area contributed by atoms with E-state index in [1.807, 2.05) is 39.0 Å². The summed E-state index contributed by atoms with van der Waals surface area (Å²) < 4.78 is 0. The van der Waals surface area contributed by atoms with Crippen molar-refractivity contribution in [1.29, 1.82) is 0 Å². The Kier molecular flexibility index (Phi) is 4.75. The summed E-state index contributed by atoms with van der Waals surface area (Å²) in [4.78, 5) is 28.1. The summed E-state index contributed by atoms with van der Waals surface area (Å²) in [6, 6.07) is 8.19. The molecule has 0 unspecified atom stereocenters. The maximum absolute atomic E-state index is 12.5. The number of carbonyl (C=O) groups excluding carboxylic acids is 1. The first-order valence-corrected chi connectivity index (χ1v) is 7.28. The average Bonchev–Trinajstić information content (AvgIpc) is 2.45. The highest BCUT2D eigenvalue weighted by Gasteiger charge is 2.22. The second kappa shape index (κ2) is 6.56. The highest BCUT2D eigenvalue weighted by atomic mass is 16.4. The van der Waals surface area contributed by atoms with Crippen LogP contribution in [0.4, 0.5) is 0 Å². The number of hydrogen-bond acceptors (Lipinski definition) is 3. The van der Waals surface area contributed by atoms with E-state index in [1.54, 1.807) is 12.1 Å². The van der Waals surface area contributed by atoms with Gasteiger partial charge >= 0.3 is 5.97 Å². The molecule has 2 rings (SSSR count). The number of aliphatic carboxylic acids is 1. The third-order valence-corrected chi connectivity index (χ3v) is 3.41. The van der Waals surface area contributed by atoms with Crippen molar-refractivity contribution in [2.75, 3.05) is 0 Å². The van der Waals surface area contributed by atoms with E-state index >= 15 is 0 Å². The topological polar surface area (TPSA) is 79.3 Å². The van der Waals surface area contributed by atoms with Gasteiger partial charge in [-0.3, -0.25) is 9.78 Å². The molecule has 1 aromatic carbocycles. The van der Waals surface area contributed by atoms with Crippen LogP contribution in [-0.2, 0) is 4.79 Å². The summed E-state index contributed by atoms with van der Waals surface area (Å²) in [6.45, 7) is 5.70. The predicted molar refractivity (Wildman–Crippen MR) is 84.8 cm³/mol. The van der Waals surface area contributed by atoms with Crippen molar-refractivity contribution < 1.29 is 14.7 Å². The van der Waals surface area contributed by atoms with Crippen LogP contribution in [0.2, 0.25) is 0 Å². The van der Waals surface area contributed by atoms with E-state index in [1.165, 1.54) is 0 Å².